The van der Waals surface area contributed by atoms with Gasteiger partial charge in [0.05, 0.1) is 10.7 Å². The van der Waals surface area contributed by atoms with E-state index in [4.69, 9.17) is 11.6 Å². The number of hydrogen-bond acceptors (Lipinski definition) is 3. The van der Waals surface area contributed by atoms with Gasteiger partial charge in [-0.3, -0.25) is 5.32 Å². The molecule has 0 atom stereocenters. The number of carbonyl (C=O) groups excluding carboxylic acids is 1. The summed E-state index contributed by atoms with van der Waals surface area (Å²) in [6, 6.07) is 5.77. The standard InChI is InChI=1S/C11H8ClFN4O2/c12-6-3-1-2-4-8(6)15-11(19)17-9-7(13)5-14-10(18)16-9/h1-5H,(H3,14,15,16,17,18,19). The lowest BCUT2D eigenvalue weighted by atomic mass is 10.3. The second-order valence-corrected chi connectivity index (χ2v) is 3.87. The van der Waals surface area contributed by atoms with Gasteiger partial charge in [-0.05, 0) is 12.1 Å². The van der Waals surface area contributed by atoms with E-state index in [0.29, 0.717) is 10.7 Å². The van der Waals surface area contributed by atoms with E-state index in [1.807, 2.05) is 4.98 Å². The summed E-state index contributed by atoms with van der Waals surface area (Å²) in [5, 5.41) is 4.85. The summed E-state index contributed by atoms with van der Waals surface area (Å²) in [6.07, 6.45) is 0.806. The van der Waals surface area contributed by atoms with E-state index in [1.165, 1.54) is 0 Å². The Morgan fingerprint density at radius 1 is 1.32 bits per heavy atom. The number of rotatable bonds is 2. The Kier molecular flexibility index (Phi) is 3.76. The molecule has 98 valence electrons. The summed E-state index contributed by atoms with van der Waals surface area (Å²) in [7, 11) is 0. The molecule has 0 spiro atoms. The fourth-order valence-electron chi connectivity index (χ4n) is 1.29. The summed E-state index contributed by atoms with van der Waals surface area (Å²) in [5.74, 6) is -1.32. The van der Waals surface area contributed by atoms with Crippen LogP contribution in [0.1, 0.15) is 0 Å². The third-order valence-corrected chi connectivity index (χ3v) is 2.45. The third-order valence-electron chi connectivity index (χ3n) is 2.12. The van der Waals surface area contributed by atoms with Crippen LogP contribution in [0, 0.1) is 5.82 Å². The molecule has 1 aromatic carbocycles. The Morgan fingerprint density at radius 2 is 2.05 bits per heavy atom. The lowest BCUT2D eigenvalue weighted by Gasteiger charge is -2.08. The highest BCUT2D eigenvalue weighted by Crippen LogP contribution is 2.20. The van der Waals surface area contributed by atoms with Crippen LogP contribution < -0.4 is 16.3 Å². The van der Waals surface area contributed by atoms with E-state index in [9.17, 15) is 14.0 Å². The minimum atomic E-state index is -0.853. The number of aromatic amines is 1. The monoisotopic (exact) mass is 282 g/mol. The van der Waals surface area contributed by atoms with Gasteiger partial charge in [0.25, 0.3) is 0 Å². The Balaban J connectivity index is 2.12. The maximum absolute atomic E-state index is 13.2. The van der Waals surface area contributed by atoms with Gasteiger partial charge in [0, 0.05) is 6.20 Å². The molecule has 0 saturated carbocycles. The number of anilines is 2. The Morgan fingerprint density at radius 3 is 2.79 bits per heavy atom. The van der Waals surface area contributed by atoms with E-state index in [-0.39, 0.29) is 0 Å². The van der Waals surface area contributed by atoms with Gasteiger partial charge in [0.2, 0.25) is 0 Å². The number of halogens is 2. The highest BCUT2D eigenvalue weighted by molar-refractivity contribution is 6.33. The fraction of sp³-hybridized carbons (Fsp3) is 0. The molecule has 0 radical (unpaired) electrons. The number of nitrogens with zero attached hydrogens (tertiary/aromatic N) is 1. The van der Waals surface area contributed by atoms with E-state index < -0.39 is 23.4 Å². The Bertz CT molecular complexity index is 674. The molecule has 19 heavy (non-hydrogen) atoms. The molecule has 6 nitrogen and oxygen atoms in total. The first-order valence-electron chi connectivity index (χ1n) is 5.14. The minimum Gasteiger partial charge on any atom is -0.310 e. The Hall–Kier alpha value is -2.41. The van der Waals surface area contributed by atoms with Crippen LogP contribution in [0.5, 0.6) is 0 Å². The highest BCUT2D eigenvalue weighted by atomic mass is 35.5. The summed E-state index contributed by atoms with van der Waals surface area (Å²) in [5.41, 5.74) is -0.415. The second kappa shape index (κ2) is 5.49. The predicted molar refractivity (Wildman–Crippen MR) is 68.9 cm³/mol. The summed E-state index contributed by atoms with van der Waals surface area (Å²) >= 11 is 5.84. The molecule has 1 aromatic heterocycles. The number of amides is 2. The van der Waals surface area contributed by atoms with E-state index in [1.54, 1.807) is 24.3 Å². The molecule has 2 aromatic rings. The van der Waals surface area contributed by atoms with E-state index in [0.717, 1.165) is 6.20 Å². The van der Waals surface area contributed by atoms with Gasteiger partial charge < -0.3 is 10.3 Å². The van der Waals surface area contributed by atoms with Crippen molar-refractivity contribution in [2.24, 2.45) is 0 Å². The van der Waals surface area contributed by atoms with Crippen molar-refractivity contribution in [1.29, 1.82) is 0 Å². The van der Waals surface area contributed by atoms with Gasteiger partial charge in [-0.15, -0.1) is 0 Å². The number of benzene rings is 1. The topological polar surface area (TPSA) is 86.9 Å². The number of carbonyl (C=O) groups is 1. The van der Waals surface area contributed by atoms with Crippen molar-refractivity contribution in [2.45, 2.75) is 0 Å². The van der Waals surface area contributed by atoms with E-state index >= 15 is 0 Å². The molecule has 2 amide bonds. The quantitative estimate of drug-likeness (QED) is 0.789. The first-order valence-corrected chi connectivity index (χ1v) is 5.52. The maximum atomic E-state index is 13.2. The average molecular weight is 283 g/mol. The third kappa shape index (κ3) is 3.29. The Labute approximate surface area is 111 Å². The lowest BCUT2D eigenvalue weighted by molar-refractivity contribution is 0.262. The van der Waals surface area contributed by atoms with Crippen LogP contribution in [-0.4, -0.2) is 16.0 Å². The first kappa shape index (κ1) is 13.0. The fourth-order valence-corrected chi connectivity index (χ4v) is 1.48. The molecule has 0 aliphatic rings. The normalized spacial score (nSPS) is 10.0. The summed E-state index contributed by atoms with van der Waals surface area (Å²) in [6.45, 7) is 0. The zero-order valence-electron chi connectivity index (χ0n) is 9.41. The molecule has 0 unspecified atom stereocenters. The summed E-state index contributed by atoms with van der Waals surface area (Å²) in [4.78, 5) is 27.8. The van der Waals surface area contributed by atoms with Crippen molar-refractivity contribution in [3.8, 4) is 0 Å². The van der Waals surface area contributed by atoms with Gasteiger partial charge in [-0.25, -0.2) is 14.0 Å². The number of para-hydroxylation sites is 1. The van der Waals surface area contributed by atoms with Crippen molar-refractivity contribution in [1.82, 2.24) is 9.97 Å². The van der Waals surface area contributed by atoms with Crippen LogP contribution in [0.2, 0.25) is 5.02 Å². The van der Waals surface area contributed by atoms with Crippen molar-refractivity contribution in [3.63, 3.8) is 0 Å². The molecular formula is C11H8ClFN4O2. The second-order valence-electron chi connectivity index (χ2n) is 3.46. The average Bonchev–Trinajstić information content (AvgIpc) is 2.37. The lowest BCUT2D eigenvalue weighted by Crippen LogP contribution is -2.23. The minimum absolute atomic E-state index is 0.331. The molecule has 3 N–H and O–H groups in total. The maximum Gasteiger partial charge on any atom is 0.347 e. The zero-order chi connectivity index (χ0) is 13.8. The van der Waals surface area contributed by atoms with Gasteiger partial charge in [0.15, 0.2) is 11.6 Å². The zero-order valence-corrected chi connectivity index (χ0v) is 10.2. The molecule has 0 fully saturated rings. The highest BCUT2D eigenvalue weighted by Gasteiger charge is 2.10. The van der Waals surface area contributed by atoms with E-state index in [2.05, 4.69) is 15.6 Å². The van der Waals surface area contributed by atoms with Gasteiger partial charge in [0.1, 0.15) is 0 Å². The van der Waals surface area contributed by atoms with Crippen LogP contribution in [0.25, 0.3) is 0 Å². The van der Waals surface area contributed by atoms with Crippen molar-refractivity contribution in [2.75, 3.05) is 10.6 Å². The number of nitrogens with one attached hydrogen (secondary N) is 3. The van der Waals surface area contributed by atoms with Crippen molar-refractivity contribution >= 4 is 29.1 Å². The van der Waals surface area contributed by atoms with Gasteiger partial charge >= 0.3 is 11.7 Å². The SMILES string of the molecule is O=C(Nc1ccccc1Cl)Nc1nc(=O)[nH]cc1F. The number of urea groups is 1. The van der Waals surface area contributed by atoms with Crippen molar-refractivity contribution < 1.29 is 9.18 Å². The van der Waals surface area contributed by atoms with Gasteiger partial charge in [-0.2, -0.15) is 4.98 Å². The molecule has 2 rings (SSSR count). The van der Waals surface area contributed by atoms with Crippen LogP contribution >= 0.6 is 11.6 Å². The molecule has 0 bridgehead atoms. The van der Waals surface area contributed by atoms with Crippen LogP contribution in [0.15, 0.2) is 35.3 Å². The number of aromatic nitrogens is 2. The predicted octanol–water partition coefficient (Wildman–Crippen LogP) is 2.21. The molecule has 0 aliphatic heterocycles. The molecule has 0 saturated heterocycles. The first-order chi connectivity index (χ1) is 9.06. The van der Waals surface area contributed by atoms with Crippen molar-refractivity contribution in [3.05, 3.63) is 51.8 Å². The summed E-state index contributed by atoms with van der Waals surface area (Å²) < 4.78 is 13.2. The molecular weight excluding hydrogens is 275 g/mol. The van der Waals surface area contributed by atoms with Crippen LogP contribution in [0.3, 0.4) is 0 Å². The van der Waals surface area contributed by atoms with Gasteiger partial charge in [-0.1, -0.05) is 23.7 Å². The smallest absolute Gasteiger partial charge is 0.310 e. The van der Waals surface area contributed by atoms with Crippen LogP contribution in [-0.2, 0) is 0 Å². The number of hydrogen-bond donors (Lipinski definition) is 3. The molecule has 1 heterocycles. The molecule has 8 heteroatoms. The number of H-pyrrole nitrogens is 1. The largest absolute Gasteiger partial charge is 0.347 e. The van der Waals surface area contributed by atoms with Crippen LogP contribution in [0.4, 0.5) is 20.7 Å². The molecule has 0 aliphatic carbocycles.